The van der Waals surface area contributed by atoms with Gasteiger partial charge in [0.05, 0.1) is 19.1 Å². The Hall–Kier alpha value is -1.56. The molecular weight excluding hydrogens is 288 g/mol. The lowest BCUT2D eigenvalue weighted by Gasteiger charge is -2.30. The normalized spacial score (nSPS) is 15.8. The number of thiophene rings is 1. The number of aryl methyl sites for hydroxylation is 1. The molecule has 1 aliphatic rings. The Morgan fingerprint density at radius 2 is 2.14 bits per heavy atom. The Kier molecular flexibility index (Phi) is 5.61. The van der Waals surface area contributed by atoms with Gasteiger partial charge in [0, 0.05) is 18.0 Å². The maximum Gasteiger partial charge on any atom is 0.317 e. The van der Waals surface area contributed by atoms with Crippen LogP contribution in [0.3, 0.4) is 0 Å². The molecule has 0 bridgehead atoms. The molecule has 2 heterocycles. The second-order valence-electron chi connectivity index (χ2n) is 5.20. The van der Waals surface area contributed by atoms with Crippen LogP contribution in [0.15, 0.2) is 11.4 Å². The molecule has 0 radical (unpaired) electrons. The molecule has 21 heavy (non-hydrogen) atoms. The largest absolute Gasteiger partial charge is 0.466 e. The molecule has 1 N–H and O–H groups in total. The fourth-order valence-electron chi connectivity index (χ4n) is 2.43. The first-order valence-corrected chi connectivity index (χ1v) is 8.22. The summed E-state index contributed by atoms with van der Waals surface area (Å²) >= 11 is 1.65. The van der Waals surface area contributed by atoms with Gasteiger partial charge in [-0.3, -0.25) is 4.79 Å². The number of nitrogens with zero attached hydrogens (tertiary/aromatic N) is 1. The number of ether oxygens (including phenoxy) is 1. The topological polar surface area (TPSA) is 58.6 Å². The van der Waals surface area contributed by atoms with Gasteiger partial charge in [0.2, 0.25) is 0 Å². The molecule has 0 aliphatic carbocycles. The third kappa shape index (κ3) is 4.20. The van der Waals surface area contributed by atoms with Crippen LogP contribution in [0.1, 0.15) is 30.2 Å². The minimum Gasteiger partial charge on any atom is -0.466 e. The molecule has 2 rings (SSSR count). The maximum absolute atomic E-state index is 12.1. The van der Waals surface area contributed by atoms with Crippen molar-refractivity contribution in [1.82, 2.24) is 10.2 Å². The predicted octanol–water partition coefficient (Wildman–Crippen LogP) is 2.54. The quantitative estimate of drug-likeness (QED) is 0.870. The number of rotatable bonds is 4. The average molecular weight is 310 g/mol. The first-order chi connectivity index (χ1) is 10.1. The number of esters is 1. The van der Waals surface area contributed by atoms with Crippen molar-refractivity contribution in [1.29, 1.82) is 0 Å². The second kappa shape index (κ2) is 7.45. The third-order valence-electron chi connectivity index (χ3n) is 3.77. The van der Waals surface area contributed by atoms with Crippen molar-refractivity contribution >= 4 is 23.3 Å². The van der Waals surface area contributed by atoms with Crippen LogP contribution >= 0.6 is 11.3 Å². The van der Waals surface area contributed by atoms with E-state index in [2.05, 4.69) is 11.4 Å². The van der Waals surface area contributed by atoms with E-state index in [1.165, 1.54) is 10.4 Å². The van der Waals surface area contributed by atoms with Crippen LogP contribution in [0.5, 0.6) is 0 Å². The van der Waals surface area contributed by atoms with Crippen molar-refractivity contribution < 1.29 is 14.3 Å². The number of nitrogens with one attached hydrogen (secondary N) is 1. The Morgan fingerprint density at radius 1 is 1.43 bits per heavy atom. The summed E-state index contributed by atoms with van der Waals surface area (Å²) in [6, 6.07) is 2.00. The van der Waals surface area contributed by atoms with E-state index in [9.17, 15) is 9.59 Å². The number of carbonyl (C=O) groups excluding carboxylic acids is 2. The predicted molar refractivity (Wildman–Crippen MR) is 82.2 cm³/mol. The summed E-state index contributed by atoms with van der Waals surface area (Å²) in [5.41, 5.74) is 1.21. The summed E-state index contributed by atoms with van der Waals surface area (Å²) in [7, 11) is 0. The van der Waals surface area contributed by atoms with Crippen molar-refractivity contribution in [2.45, 2.75) is 33.2 Å². The van der Waals surface area contributed by atoms with Gasteiger partial charge in [0.1, 0.15) is 0 Å². The number of hydrogen-bond acceptors (Lipinski definition) is 4. The highest BCUT2D eigenvalue weighted by Crippen LogP contribution is 2.19. The van der Waals surface area contributed by atoms with Crippen LogP contribution in [-0.4, -0.2) is 36.6 Å². The Balaban J connectivity index is 1.75. The van der Waals surface area contributed by atoms with E-state index in [-0.39, 0.29) is 17.9 Å². The van der Waals surface area contributed by atoms with Crippen molar-refractivity contribution in [2.24, 2.45) is 5.92 Å². The van der Waals surface area contributed by atoms with Crippen LogP contribution in [-0.2, 0) is 16.1 Å². The monoisotopic (exact) mass is 310 g/mol. The first-order valence-electron chi connectivity index (χ1n) is 7.34. The van der Waals surface area contributed by atoms with Crippen LogP contribution < -0.4 is 5.32 Å². The molecular formula is C15H22N2O3S. The molecule has 0 aromatic carbocycles. The number of carbonyl (C=O) groups is 2. The number of piperidine rings is 1. The summed E-state index contributed by atoms with van der Waals surface area (Å²) in [4.78, 5) is 26.7. The molecule has 6 heteroatoms. The van der Waals surface area contributed by atoms with E-state index >= 15 is 0 Å². The maximum atomic E-state index is 12.1. The molecule has 1 fully saturated rings. The molecule has 1 aliphatic heterocycles. The zero-order valence-corrected chi connectivity index (χ0v) is 13.4. The van der Waals surface area contributed by atoms with Gasteiger partial charge in [-0.1, -0.05) is 0 Å². The molecule has 116 valence electrons. The Morgan fingerprint density at radius 3 is 2.71 bits per heavy atom. The molecule has 1 aromatic heterocycles. The van der Waals surface area contributed by atoms with Gasteiger partial charge in [0.25, 0.3) is 0 Å². The minimum absolute atomic E-state index is 0.0508. The van der Waals surface area contributed by atoms with Gasteiger partial charge in [0.15, 0.2) is 0 Å². The van der Waals surface area contributed by atoms with Gasteiger partial charge in [-0.25, -0.2) is 4.79 Å². The van der Waals surface area contributed by atoms with Crippen molar-refractivity contribution in [2.75, 3.05) is 19.7 Å². The van der Waals surface area contributed by atoms with E-state index in [0.29, 0.717) is 39.1 Å². The number of likely N-dealkylation sites (tertiary alicyclic amines) is 1. The van der Waals surface area contributed by atoms with Gasteiger partial charge in [-0.05, 0) is 43.7 Å². The average Bonchev–Trinajstić information content (AvgIpc) is 2.90. The number of hydrogen-bond donors (Lipinski definition) is 1. The second-order valence-corrected chi connectivity index (χ2v) is 6.20. The van der Waals surface area contributed by atoms with E-state index in [0.717, 1.165) is 0 Å². The van der Waals surface area contributed by atoms with Crippen LogP contribution in [0.25, 0.3) is 0 Å². The fourth-order valence-corrected chi connectivity index (χ4v) is 3.28. The van der Waals surface area contributed by atoms with Crippen LogP contribution in [0.4, 0.5) is 4.79 Å². The molecule has 1 saturated heterocycles. The smallest absolute Gasteiger partial charge is 0.317 e. The number of urea groups is 1. The molecule has 0 unspecified atom stereocenters. The SMILES string of the molecule is CCOC(=O)C1CCN(C(=O)NCc2sccc2C)CC1. The number of amides is 2. The fraction of sp³-hybridized carbons (Fsp3) is 0.600. The van der Waals surface area contributed by atoms with Gasteiger partial charge in [-0.2, -0.15) is 0 Å². The lowest BCUT2D eigenvalue weighted by molar-refractivity contribution is -0.149. The highest BCUT2D eigenvalue weighted by Gasteiger charge is 2.28. The van der Waals surface area contributed by atoms with E-state index in [1.807, 2.05) is 19.2 Å². The molecule has 0 spiro atoms. The Labute approximate surface area is 129 Å². The molecule has 0 atom stereocenters. The Bertz CT molecular complexity index is 493. The highest BCUT2D eigenvalue weighted by molar-refractivity contribution is 7.10. The van der Waals surface area contributed by atoms with Gasteiger partial charge >= 0.3 is 12.0 Å². The van der Waals surface area contributed by atoms with Crippen molar-refractivity contribution in [3.8, 4) is 0 Å². The minimum atomic E-state index is -0.133. The summed E-state index contributed by atoms with van der Waals surface area (Å²) < 4.78 is 5.03. The van der Waals surface area contributed by atoms with E-state index < -0.39 is 0 Å². The summed E-state index contributed by atoms with van der Waals surface area (Å²) in [5.74, 6) is -0.194. The lowest BCUT2D eigenvalue weighted by Crippen LogP contribution is -2.45. The van der Waals surface area contributed by atoms with Crippen LogP contribution in [0, 0.1) is 12.8 Å². The standard InChI is InChI=1S/C15H22N2O3S/c1-3-20-14(18)12-4-7-17(8-5-12)15(19)16-10-13-11(2)6-9-21-13/h6,9,12H,3-5,7-8,10H2,1-2H3,(H,16,19). The molecule has 5 nitrogen and oxygen atoms in total. The van der Waals surface area contributed by atoms with Crippen LogP contribution in [0.2, 0.25) is 0 Å². The van der Waals surface area contributed by atoms with E-state index in [1.54, 1.807) is 16.2 Å². The van der Waals surface area contributed by atoms with E-state index in [4.69, 9.17) is 4.74 Å². The first kappa shape index (κ1) is 15.8. The molecule has 2 amide bonds. The summed E-state index contributed by atoms with van der Waals surface area (Å²) in [6.45, 7) is 6.06. The lowest BCUT2D eigenvalue weighted by atomic mass is 9.97. The van der Waals surface area contributed by atoms with Gasteiger partial charge < -0.3 is 15.0 Å². The van der Waals surface area contributed by atoms with Crippen molar-refractivity contribution in [3.05, 3.63) is 21.9 Å². The third-order valence-corrected chi connectivity index (χ3v) is 4.79. The summed E-state index contributed by atoms with van der Waals surface area (Å²) in [5, 5.41) is 4.98. The zero-order chi connectivity index (χ0) is 15.2. The van der Waals surface area contributed by atoms with Gasteiger partial charge in [-0.15, -0.1) is 11.3 Å². The summed E-state index contributed by atoms with van der Waals surface area (Å²) in [6.07, 6.45) is 1.37. The van der Waals surface area contributed by atoms with Crippen molar-refractivity contribution in [3.63, 3.8) is 0 Å². The molecule has 1 aromatic rings. The zero-order valence-electron chi connectivity index (χ0n) is 12.6. The highest BCUT2D eigenvalue weighted by atomic mass is 32.1. The molecule has 0 saturated carbocycles.